The lowest BCUT2D eigenvalue weighted by Gasteiger charge is -2.06. The van der Waals surface area contributed by atoms with Crippen LogP contribution in [-0.4, -0.2) is 10.1 Å². The SMILES string of the molecule is OCc1nc(Cl)c(I)cc1C(F)F. The summed E-state index contributed by atoms with van der Waals surface area (Å²) in [5, 5.41) is 8.86. The van der Waals surface area contributed by atoms with Gasteiger partial charge in [-0.3, -0.25) is 0 Å². The molecule has 72 valence electrons. The molecule has 0 aliphatic rings. The largest absolute Gasteiger partial charge is 0.390 e. The summed E-state index contributed by atoms with van der Waals surface area (Å²) in [6.45, 7) is -0.531. The van der Waals surface area contributed by atoms with Gasteiger partial charge < -0.3 is 5.11 Å². The van der Waals surface area contributed by atoms with Gasteiger partial charge in [-0.1, -0.05) is 11.6 Å². The van der Waals surface area contributed by atoms with E-state index in [-0.39, 0.29) is 16.4 Å². The van der Waals surface area contributed by atoms with Gasteiger partial charge in [-0.15, -0.1) is 0 Å². The van der Waals surface area contributed by atoms with Crippen LogP contribution in [0.25, 0.3) is 0 Å². The molecule has 0 aliphatic heterocycles. The molecule has 0 bridgehead atoms. The quantitative estimate of drug-likeness (QED) is 0.672. The first kappa shape index (κ1) is 11.1. The predicted octanol–water partition coefficient (Wildman–Crippen LogP) is 2.77. The fourth-order valence-electron chi connectivity index (χ4n) is 0.831. The lowest BCUT2D eigenvalue weighted by Crippen LogP contribution is -2.00. The maximum absolute atomic E-state index is 12.3. The highest BCUT2D eigenvalue weighted by molar-refractivity contribution is 14.1. The third-order valence-electron chi connectivity index (χ3n) is 1.43. The Balaban J connectivity index is 3.25. The zero-order valence-electron chi connectivity index (χ0n) is 6.27. The average molecular weight is 319 g/mol. The molecule has 13 heavy (non-hydrogen) atoms. The van der Waals surface area contributed by atoms with Crippen LogP contribution in [0.5, 0.6) is 0 Å². The summed E-state index contributed by atoms with van der Waals surface area (Å²) >= 11 is 7.40. The van der Waals surface area contributed by atoms with Crippen LogP contribution in [0.15, 0.2) is 6.07 Å². The topological polar surface area (TPSA) is 33.1 Å². The maximum Gasteiger partial charge on any atom is 0.265 e. The van der Waals surface area contributed by atoms with E-state index < -0.39 is 13.0 Å². The van der Waals surface area contributed by atoms with Gasteiger partial charge in [0.1, 0.15) is 5.15 Å². The van der Waals surface area contributed by atoms with Gasteiger partial charge in [0, 0.05) is 5.56 Å². The fourth-order valence-corrected chi connectivity index (χ4v) is 1.44. The minimum atomic E-state index is -2.64. The molecular weight excluding hydrogens is 314 g/mol. The Kier molecular flexibility index (Phi) is 3.81. The number of rotatable bonds is 2. The molecule has 2 nitrogen and oxygen atoms in total. The lowest BCUT2D eigenvalue weighted by atomic mass is 10.2. The molecule has 1 aromatic rings. The van der Waals surface area contributed by atoms with Crippen molar-refractivity contribution in [1.82, 2.24) is 4.98 Å². The van der Waals surface area contributed by atoms with E-state index in [1.165, 1.54) is 6.07 Å². The lowest BCUT2D eigenvalue weighted by molar-refractivity contribution is 0.146. The van der Waals surface area contributed by atoms with E-state index in [9.17, 15) is 8.78 Å². The molecule has 0 unspecified atom stereocenters. The van der Waals surface area contributed by atoms with Crippen LogP contribution in [0.3, 0.4) is 0 Å². The number of hydrogen-bond acceptors (Lipinski definition) is 2. The first-order chi connectivity index (χ1) is 6.06. The van der Waals surface area contributed by atoms with Crippen molar-refractivity contribution in [3.05, 3.63) is 26.0 Å². The minimum Gasteiger partial charge on any atom is -0.390 e. The molecule has 0 radical (unpaired) electrons. The zero-order chi connectivity index (χ0) is 10.0. The van der Waals surface area contributed by atoms with Gasteiger partial charge in [0.25, 0.3) is 6.43 Å². The van der Waals surface area contributed by atoms with Crippen LogP contribution in [0.2, 0.25) is 5.15 Å². The molecular formula is C7H5ClF2INO. The van der Waals surface area contributed by atoms with E-state index in [1.807, 2.05) is 0 Å². The van der Waals surface area contributed by atoms with Crippen molar-refractivity contribution in [3.8, 4) is 0 Å². The number of pyridine rings is 1. The molecule has 1 aromatic heterocycles. The standard InChI is InChI=1S/C7H5ClF2INO/c8-6-4(11)1-3(7(9)10)5(2-13)12-6/h1,7,13H,2H2. The molecule has 0 atom stereocenters. The fraction of sp³-hybridized carbons (Fsp3) is 0.286. The van der Waals surface area contributed by atoms with Crippen molar-refractivity contribution in [1.29, 1.82) is 0 Å². The Morgan fingerprint density at radius 3 is 2.69 bits per heavy atom. The second kappa shape index (κ2) is 4.47. The van der Waals surface area contributed by atoms with Crippen molar-refractivity contribution >= 4 is 34.2 Å². The summed E-state index contributed by atoms with van der Waals surface area (Å²) in [4.78, 5) is 3.64. The third-order valence-corrected chi connectivity index (χ3v) is 2.86. The third kappa shape index (κ3) is 2.47. The van der Waals surface area contributed by atoms with Crippen molar-refractivity contribution in [2.24, 2.45) is 0 Å². The van der Waals surface area contributed by atoms with Crippen LogP contribution >= 0.6 is 34.2 Å². The van der Waals surface area contributed by atoms with Gasteiger partial charge in [0.15, 0.2) is 0 Å². The first-order valence-electron chi connectivity index (χ1n) is 3.30. The Bertz CT molecular complexity index is 322. The molecule has 6 heteroatoms. The number of hydrogen-bond donors (Lipinski definition) is 1. The minimum absolute atomic E-state index is 0.0691. The van der Waals surface area contributed by atoms with Gasteiger partial charge in [-0.25, -0.2) is 13.8 Å². The molecule has 1 rings (SSSR count). The van der Waals surface area contributed by atoms with Crippen LogP contribution < -0.4 is 0 Å². The van der Waals surface area contributed by atoms with Crippen molar-refractivity contribution in [2.75, 3.05) is 0 Å². The Labute approximate surface area is 92.1 Å². The second-order valence-electron chi connectivity index (χ2n) is 2.26. The van der Waals surface area contributed by atoms with E-state index in [0.29, 0.717) is 3.57 Å². The second-order valence-corrected chi connectivity index (χ2v) is 3.78. The normalized spacial score (nSPS) is 10.9. The molecule has 0 amide bonds. The highest BCUT2D eigenvalue weighted by Crippen LogP contribution is 2.26. The van der Waals surface area contributed by atoms with Crippen molar-refractivity contribution in [2.45, 2.75) is 13.0 Å². The van der Waals surface area contributed by atoms with Crippen LogP contribution in [0.1, 0.15) is 17.7 Å². The van der Waals surface area contributed by atoms with E-state index in [0.717, 1.165) is 0 Å². The Morgan fingerprint density at radius 1 is 1.62 bits per heavy atom. The maximum atomic E-state index is 12.3. The van der Waals surface area contributed by atoms with Gasteiger partial charge >= 0.3 is 0 Å². The summed E-state index contributed by atoms with van der Waals surface area (Å²) < 4.78 is 25.1. The van der Waals surface area contributed by atoms with Crippen LogP contribution in [0, 0.1) is 3.57 Å². The number of nitrogens with zero attached hydrogens (tertiary/aromatic N) is 1. The first-order valence-corrected chi connectivity index (χ1v) is 4.75. The van der Waals surface area contributed by atoms with Gasteiger partial charge in [-0.2, -0.15) is 0 Å². The molecule has 0 spiro atoms. The number of aliphatic hydroxyl groups excluding tert-OH is 1. The number of halogens is 4. The highest BCUT2D eigenvalue weighted by Gasteiger charge is 2.16. The van der Waals surface area contributed by atoms with Gasteiger partial charge in [-0.05, 0) is 28.7 Å². The molecule has 1 N–H and O–H groups in total. The highest BCUT2D eigenvalue weighted by atomic mass is 127. The van der Waals surface area contributed by atoms with Crippen LogP contribution in [-0.2, 0) is 6.61 Å². The van der Waals surface area contributed by atoms with E-state index >= 15 is 0 Å². The molecule has 0 aliphatic carbocycles. The summed E-state index contributed by atoms with van der Waals surface area (Å²) in [5.74, 6) is 0. The van der Waals surface area contributed by atoms with Gasteiger partial charge in [0.05, 0.1) is 15.9 Å². The summed E-state index contributed by atoms with van der Waals surface area (Å²) in [7, 11) is 0. The number of aromatic nitrogens is 1. The van der Waals surface area contributed by atoms with Crippen molar-refractivity contribution < 1.29 is 13.9 Å². The van der Waals surface area contributed by atoms with E-state index in [1.54, 1.807) is 22.6 Å². The average Bonchev–Trinajstić information content (AvgIpc) is 2.08. The summed E-state index contributed by atoms with van der Waals surface area (Å²) in [5.41, 5.74) is -0.336. The van der Waals surface area contributed by atoms with Crippen LogP contribution in [0.4, 0.5) is 8.78 Å². The zero-order valence-corrected chi connectivity index (χ0v) is 9.18. The summed E-state index contributed by atoms with van der Waals surface area (Å²) in [6, 6.07) is 1.23. The van der Waals surface area contributed by atoms with E-state index in [4.69, 9.17) is 16.7 Å². The predicted molar refractivity (Wildman–Crippen MR) is 52.8 cm³/mol. The number of alkyl halides is 2. The van der Waals surface area contributed by atoms with Crippen molar-refractivity contribution in [3.63, 3.8) is 0 Å². The smallest absolute Gasteiger partial charge is 0.265 e. The number of aliphatic hydroxyl groups is 1. The Morgan fingerprint density at radius 2 is 2.23 bits per heavy atom. The molecule has 0 saturated carbocycles. The molecule has 1 heterocycles. The monoisotopic (exact) mass is 319 g/mol. The Hall–Kier alpha value is -0.0100. The molecule has 0 fully saturated rings. The molecule has 0 saturated heterocycles. The van der Waals surface area contributed by atoms with Gasteiger partial charge in [0.2, 0.25) is 0 Å². The molecule has 0 aromatic carbocycles. The summed E-state index contributed by atoms with van der Waals surface area (Å²) in [6.07, 6.45) is -2.64. The van der Waals surface area contributed by atoms with E-state index in [2.05, 4.69) is 4.98 Å².